The van der Waals surface area contributed by atoms with Crippen molar-refractivity contribution in [2.24, 2.45) is 0 Å². The first-order chi connectivity index (χ1) is 3.85. The highest BCUT2D eigenvalue weighted by Crippen LogP contribution is 2.29. The summed E-state index contributed by atoms with van der Waals surface area (Å²) in [6.45, 7) is 0. The molecule has 0 N–H and O–H groups in total. The fourth-order valence-electron chi connectivity index (χ4n) is 0.143. The Bertz CT molecular complexity index is 86.7. The molecular weight excluding hydrogens is 166 g/mol. The Kier molecular flexibility index (Phi) is 2.66. The average Bonchev–Trinajstić information content (AvgIpc) is 1.62. The summed E-state index contributed by atoms with van der Waals surface area (Å²) in [6.07, 6.45) is -7.32. The van der Waals surface area contributed by atoms with E-state index in [9.17, 15) is 22.0 Å². The van der Waals surface area contributed by atoms with Crippen molar-refractivity contribution in [1.82, 2.24) is 0 Å². The van der Waals surface area contributed by atoms with Crippen molar-refractivity contribution in [3.63, 3.8) is 0 Å². The summed E-state index contributed by atoms with van der Waals surface area (Å²) in [4.78, 5) is 0. The molecule has 1 unspecified atom stereocenters. The van der Waals surface area contributed by atoms with Gasteiger partial charge in [0.15, 0.2) is 0 Å². The van der Waals surface area contributed by atoms with Gasteiger partial charge in [0, 0.05) is 0 Å². The van der Waals surface area contributed by atoms with E-state index in [2.05, 4.69) is 11.6 Å². The Morgan fingerprint density at radius 2 is 1.44 bits per heavy atom. The topological polar surface area (TPSA) is 0 Å². The van der Waals surface area contributed by atoms with E-state index in [-0.39, 0.29) is 0 Å². The molecule has 0 rings (SSSR count). The van der Waals surface area contributed by atoms with Gasteiger partial charge in [-0.2, -0.15) is 8.78 Å². The lowest BCUT2D eigenvalue weighted by Gasteiger charge is -2.11. The molecule has 6 heteroatoms. The number of rotatable bonds is 2. The second-order valence-corrected chi connectivity index (χ2v) is 1.78. The van der Waals surface area contributed by atoms with Gasteiger partial charge in [-0.25, -0.2) is 13.2 Å². The molecule has 0 saturated heterocycles. The van der Waals surface area contributed by atoms with Crippen molar-refractivity contribution in [2.45, 2.75) is 18.0 Å². The van der Waals surface area contributed by atoms with Crippen LogP contribution in [-0.4, -0.2) is 18.0 Å². The lowest BCUT2D eigenvalue weighted by molar-refractivity contribution is -0.0724. The molecule has 0 heterocycles. The third-order valence-electron chi connectivity index (χ3n) is 0.534. The van der Waals surface area contributed by atoms with E-state index in [0.29, 0.717) is 0 Å². The normalized spacial score (nSPS) is 16.3. The number of hydrogen-bond acceptors (Lipinski definition) is 0. The minimum atomic E-state index is -4.46. The Morgan fingerprint density at radius 3 is 1.44 bits per heavy atom. The van der Waals surface area contributed by atoms with Gasteiger partial charge in [-0.3, -0.25) is 0 Å². The number of alkyl halides is 6. The molecular formula is C3H2ClF5. The molecule has 0 aliphatic rings. The largest absolute Gasteiger partial charge is 0.358 e. The Labute approximate surface area is 52.6 Å². The number of hydrogen-bond donors (Lipinski definition) is 0. The van der Waals surface area contributed by atoms with Gasteiger partial charge in [0.2, 0.25) is 6.17 Å². The third-order valence-corrected chi connectivity index (χ3v) is 0.742. The molecule has 0 amide bonds. The van der Waals surface area contributed by atoms with Crippen LogP contribution in [0, 0.1) is 0 Å². The van der Waals surface area contributed by atoms with Gasteiger partial charge in [-0.1, -0.05) is 0 Å². The van der Waals surface area contributed by atoms with Crippen molar-refractivity contribution in [3.8, 4) is 0 Å². The van der Waals surface area contributed by atoms with Gasteiger partial charge in [0.1, 0.15) is 0 Å². The van der Waals surface area contributed by atoms with Crippen LogP contribution < -0.4 is 0 Å². The van der Waals surface area contributed by atoms with Crippen LogP contribution in [0.5, 0.6) is 0 Å². The first kappa shape index (κ1) is 8.94. The van der Waals surface area contributed by atoms with Gasteiger partial charge in [0.05, 0.1) is 0 Å². The molecule has 0 spiro atoms. The molecule has 56 valence electrons. The average molecular weight is 168 g/mol. The van der Waals surface area contributed by atoms with Gasteiger partial charge < -0.3 is 0 Å². The van der Waals surface area contributed by atoms with Crippen molar-refractivity contribution in [3.05, 3.63) is 0 Å². The zero-order valence-electron chi connectivity index (χ0n) is 3.92. The van der Waals surface area contributed by atoms with Gasteiger partial charge in [-0.05, 0) is 11.6 Å². The molecule has 0 saturated carbocycles. The summed E-state index contributed by atoms with van der Waals surface area (Å²) in [5, 5.41) is -4.46. The lowest BCUT2D eigenvalue weighted by atomic mass is 10.4. The molecule has 0 aromatic carbocycles. The van der Waals surface area contributed by atoms with E-state index in [1.165, 1.54) is 0 Å². The standard InChI is InChI=1S/C3H2ClF5/c4-3(8,9)1(5)2(6)7/h1-2H. The SMILES string of the molecule is FC(F)C(F)C(F)(F)Cl. The van der Waals surface area contributed by atoms with E-state index in [1.54, 1.807) is 0 Å². The van der Waals surface area contributed by atoms with Crippen molar-refractivity contribution in [2.75, 3.05) is 0 Å². The van der Waals surface area contributed by atoms with Crippen molar-refractivity contribution < 1.29 is 22.0 Å². The monoisotopic (exact) mass is 168 g/mol. The highest BCUT2D eigenvalue weighted by molar-refractivity contribution is 6.22. The Hall–Kier alpha value is -0.0600. The van der Waals surface area contributed by atoms with E-state index in [1.807, 2.05) is 0 Å². The second kappa shape index (κ2) is 2.68. The van der Waals surface area contributed by atoms with Gasteiger partial charge >= 0.3 is 5.38 Å². The summed E-state index contributed by atoms with van der Waals surface area (Å²) in [6, 6.07) is 0. The molecule has 0 bridgehead atoms. The second-order valence-electron chi connectivity index (χ2n) is 1.28. The molecule has 1 atom stereocenters. The summed E-state index contributed by atoms with van der Waals surface area (Å²) >= 11 is 3.89. The molecule has 0 aromatic rings. The summed E-state index contributed by atoms with van der Waals surface area (Å²) < 4.78 is 55.9. The van der Waals surface area contributed by atoms with Gasteiger partial charge in [-0.15, -0.1) is 0 Å². The minimum Gasteiger partial charge on any atom is -0.233 e. The Balaban J connectivity index is 3.88. The fourth-order valence-corrected chi connectivity index (χ4v) is 0.238. The fraction of sp³-hybridized carbons (Fsp3) is 1.00. The Morgan fingerprint density at radius 1 is 1.11 bits per heavy atom. The zero-order chi connectivity index (χ0) is 7.65. The molecule has 0 fully saturated rings. The zero-order valence-corrected chi connectivity index (χ0v) is 4.68. The van der Waals surface area contributed by atoms with Crippen molar-refractivity contribution >= 4 is 11.6 Å². The first-order valence-electron chi connectivity index (χ1n) is 1.84. The highest BCUT2D eigenvalue weighted by Gasteiger charge is 2.44. The van der Waals surface area contributed by atoms with Crippen LogP contribution >= 0.6 is 11.6 Å². The number of halogens is 6. The summed E-state index contributed by atoms with van der Waals surface area (Å²) in [5.41, 5.74) is 0. The maximum Gasteiger partial charge on any atom is 0.358 e. The van der Waals surface area contributed by atoms with Crippen LogP contribution in [0.2, 0.25) is 0 Å². The van der Waals surface area contributed by atoms with Crippen LogP contribution in [0.25, 0.3) is 0 Å². The van der Waals surface area contributed by atoms with Gasteiger partial charge in [0.25, 0.3) is 6.43 Å². The van der Waals surface area contributed by atoms with Crippen molar-refractivity contribution in [1.29, 1.82) is 0 Å². The molecule has 0 aromatic heterocycles. The summed E-state index contributed by atoms with van der Waals surface area (Å²) in [7, 11) is 0. The minimum absolute atomic E-state index is 3.58. The molecule has 0 nitrogen and oxygen atoms in total. The van der Waals surface area contributed by atoms with E-state index >= 15 is 0 Å². The predicted octanol–water partition coefficient (Wildman–Crippen LogP) is 2.42. The maximum atomic E-state index is 11.4. The van der Waals surface area contributed by atoms with E-state index < -0.39 is 18.0 Å². The maximum absolute atomic E-state index is 11.4. The van der Waals surface area contributed by atoms with Crippen LogP contribution in [0.1, 0.15) is 0 Å². The quantitative estimate of drug-likeness (QED) is 0.439. The molecule has 0 aliphatic heterocycles. The molecule has 0 aliphatic carbocycles. The van der Waals surface area contributed by atoms with E-state index in [0.717, 1.165) is 0 Å². The van der Waals surface area contributed by atoms with E-state index in [4.69, 9.17) is 0 Å². The highest BCUT2D eigenvalue weighted by atomic mass is 35.5. The lowest BCUT2D eigenvalue weighted by Crippen LogP contribution is -2.29. The van der Waals surface area contributed by atoms with Crippen LogP contribution in [-0.2, 0) is 0 Å². The molecule has 9 heavy (non-hydrogen) atoms. The van der Waals surface area contributed by atoms with Crippen LogP contribution in [0.3, 0.4) is 0 Å². The van der Waals surface area contributed by atoms with Crippen LogP contribution in [0.15, 0.2) is 0 Å². The van der Waals surface area contributed by atoms with Crippen LogP contribution in [0.4, 0.5) is 22.0 Å². The third kappa shape index (κ3) is 2.84. The molecule has 0 radical (unpaired) electrons. The smallest absolute Gasteiger partial charge is 0.233 e. The predicted molar refractivity (Wildman–Crippen MR) is 21.7 cm³/mol. The first-order valence-corrected chi connectivity index (χ1v) is 2.22. The summed E-state index contributed by atoms with van der Waals surface area (Å²) in [5.74, 6) is 0.